The zero-order chi connectivity index (χ0) is 29.9. The van der Waals surface area contributed by atoms with Crippen LogP contribution in [0.15, 0.2) is 12.1 Å². The molecule has 5 aliphatic heterocycles. The van der Waals surface area contributed by atoms with Crippen LogP contribution in [0.25, 0.3) is 5.57 Å². The maximum absolute atomic E-state index is 12.9. The third-order valence-corrected chi connectivity index (χ3v) is 12.0. The van der Waals surface area contributed by atoms with E-state index in [-0.39, 0.29) is 31.1 Å². The Morgan fingerprint density at radius 1 is 0.907 bits per heavy atom. The van der Waals surface area contributed by atoms with Crippen LogP contribution in [0.1, 0.15) is 83.3 Å². The number of anilines is 1. The van der Waals surface area contributed by atoms with Gasteiger partial charge in [-0.15, -0.1) is 0 Å². The van der Waals surface area contributed by atoms with Crippen LogP contribution in [-0.4, -0.2) is 37.3 Å². The average Bonchev–Trinajstić information content (AvgIpc) is 2.99. The largest absolute Gasteiger partial charge is 0.478 e. The van der Waals surface area contributed by atoms with Crippen molar-refractivity contribution < 1.29 is 14.6 Å². The van der Waals surface area contributed by atoms with E-state index in [1.807, 2.05) is 0 Å². The Kier molecular flexibility index (Phi) is 6.38. The van der Waals surface area contributed by atoms with Crippen molar-refractivity contribution in [3.63, 3.8) is 0 Å². The summed E-state index contributed by atoms with van der Waals surface area (Å²) in [4.78, 5) is 15.4. The molecule has 0 saturated heterocycles. The molecule has 5 aliphatic rings. The highest BCUT2D eigenvalue weighted by atomic mass is 35.5. The van der Waals surface area contributed by atoms with Crippen LogP contribution in [0.5, 0.6) is 11.5 Å². The summed E-state index contributed by atoms with van der Waals surface area (Å²) in [5.74, 6) is 0.382. The highest BCUT2D eigenvalue weighted by Crippen LogP contribution is 2.54. The Bertz CT molecular complexity index is 1940. The third kappa shape index (κ3) is 3.90. The first-order chi connectivity index (χ1) is 20.6. The summed E-state index contributed by atoms with van der Waals surface area (Å²) in [5, 5.41) is 12.7. The lowest BCUT2D eigenvalue weighted by atomic mass is 9.73. The molecule has 8 rings (SSSR count). The molecule has 5 nitrogen and oxygen atoms in total. The lowest BCUT2D eigenvalue weighted by molar-refractivity contribution is 0.0696. The number of aromatic carboxylic acids is 1. The Balaban J connectivity index is 1.60. The van der Waals surface area contributed by atoms with Crippen LogP contribution in [0.4, 0.5) is 5.69 Å². The number of fused-ring (bicyclic) bond motifs is 4. The van der Waals surface area contributed by atoms with E-state index >= 15 is 0 Å². The first-order valence-electron chi connectivity index (χ1n) is 15.1. The molecule has 5 heterocycles. The lowest BCUT2D eigenvalue weighted by Crippen LogP contribution is -2.45. The zero-order valence-corrected chi connectivity index (χ0v) is 27.1. The summed E-state index contributed by atoms with van der Waals surface area (Å²) < 4.78 is 9.60. The Morgan fingerprint density at radius 2 is 1.63 bits per heavy atom. The van der Waals surface area contributed by atoms with Gasteiger partial charge in [-0.1, -0.05) is 60.3 Å². The summed E-state index contributed by atoms with van der Waals surface area (Å²) in [5.41, 5.74) is 7.79. The summed E-state index contributed by atoms with van der Waals surface area (Å²) in [6.45, 7) is 8.67. The van der Waals surface area contributed by atoms with Crippen molar-refractivity contribution >= 4 is 63.6 Å². The van der Waals surface area contributed by atoms with Gasteiger partial charge in [0.2, 0.25) is 5.36 Å². The smallest absolute Gasteiger partial charge is 0.337 e. The summed E-state index contributed by atoms with van der Waals surface area (Å²) >= 11 is 26.9. The van der Waals surface area contributed by atoms with Gasteiger partial charge in [-0.25, -0.2) is 9.37 Å². The van der Waals surface area contributed by atoms with Gasteiger partial charge in [0.1, 0.15) is 24.6 Å². The first-order valence-corrected chi connectivity index (χ1v) is 16.6. The van der Waals surface area contributed by atoms with E-state index in [1.54, 1.807) is 0 Å². The summed E-state index contributed by atoms with van der Waals surface area (Å²) in [7, 11) is 0. The number of hydrogen-bond acceptors (Lipinski definition) is 3. The molecular weight excluding hydrogens is 626 g/mol. The molecular formula is C34H31Cl4N2O3+. The van der Waals surface area contributed by atoms with Crippen LogP contribution in [0.2, 0.25) is 20.1 Å². The number of hydrogen-bond donors (Lipinski definition) is 1. The molecule has 0 atom stereocenters. The lowest BCUT2D eigenvalue weighted by Gasteiger charge is -2.45. The number of nitrogens with zero attached hydrogens (tertiary/aromatic N) is 2. The molecule has 43 heavy (non-hydrogen) atoms. The molecule has 3 aromatic carbocycles. The minimum absolute atomic E-state index is 0.0479. The fourth-order valence-electron chi connectivity index (χ4n) is 8.17. The van der Waals surface area contributed by atoms with Gasteiger partial charge >= 0.3 is 5.97 Å². The number of ether oxygens (including phenoxy) is 1. The predicted molar refractivity (Wildman–Crippen MR) is 173 cm³/mol. The molecule has 9 heteroatoms. The van der Waals surface area contributed by atoms with Crippen LogP contribution in [0.3, 0.4) is 0 Å². The second kappa shape index (κ2) is 9.78. The fraction of sp³-hybridized carbons (Fsp3) is 0.412. The second-order valence-corrected chi connectivity index (χ2v) is 14.6. The summed E-state index contributed by atoms with van der Waals surface area (Å²) in [6.07, 6.45) is 6.88. The molecule has 0 aromatic heterocycles. The van der Waals surface area contributed by atoms with E-state index in [2.05, 4.69) is 35.5 Å². The van der Waals surface area contributed by atoms with Crippen molar-refractivity contribution in [1.82, 2.24) is 4.58 Å². The van der Waals surface area contributed by atoms with E-state index in [0.29, 0.717) is 11.1 Å². The highest BCUT2D eigenvalue weighted by Gasteiger charge is 2.41. The minimum Gasteiger partial charge on any atom is -0.478 e. The molecule has 0 fully saturated rings. The van der Waals surface area contributed by atoms with E-state index in [0.717, 1.165) is 93.4 Å². The molecule has 222 valence electrons. The van der Waals surface area contributed by atoms with E-state index < -0.39 is 5.97 Å². The molecule has 0 radical (unpaired) electrons. The zero-order valence-electron chi connectivity index (χ0n) is 24.1. The number of carbonyl (C=O) groups is 1. The van der Waals surface area contributed by atoms with Crippen molar-refractivity contribution in [1.29, 1.82) is 0 Å². The molecule has 0 unspecified atom stereocenters. The maximum Gasteiger partial charge on any atom is 0.337 e. The van der Waals surface area contributed by atoms with E-state index in [1.165, 1.54) is 33.3 Å². The van der Waals surface area contributed by atoms with Gasteiger partial charge < -0.3 is 14.7 Å². The molecule has 1 N–H and O–H groups in total. The molecule has 0 saturated carbocycles. The van der Waals surface area contributed by atoms with E-state index in [9.17, 15) is 9.90 Å². The number of halogens is 4. The minimum atomic E-state index is -1.21. The van der Waals surface area contributed by atoms with Gasteiger partial charge in [0.25, 0.3) is 0 Å². The number of rotatable bonds is 2. The summed E-state index contributed by atoms with van der Waals surface area (Å²) in [6, 6.07) is 4.42. The number of carboxylic acids is 1. The van der Waals surface area contributed by atoms with Gasteiger partial charge in [0.15, 0.2) is 0 Å². The first kappa shape index (κ1) is 28.1. The monoisotopic (exact) mass is 655 g/mol. The van der Waals surface area contributed by atoms with E-state index in [4.69, 9.17) is 51.1 Å². The van der Waals surface area contributed by atoms with Crippen molar-refractivity contribution in [2.75, 3.05) is 31.1 Å². The van der Waals surface area contributed by atoms with Crippen LogP contribution in [0, 0.1) is 0 Å². The molecule has 0 bridgehead atoms. The van der Waals surface area contributed by atoms with Gasteiger partial charge in [0.05, 0.1) is 31.2 Å². The normalized spacial score (nSPS) is 19.3. The van der Waals surface area contributed by atoms with Gasteiger partial charge in [0, 0.05) is 64.7 Å². The van der Waals surface area contributed by atoms with Crippen molar-refractivity contribution in [3.05, 3.63) is 81.7 Å². The Morgan fingerprint density at radius 3 is 2.40 bits per heavy atom. The molecule has 3 aromatic rings. The quantitative estimate of drug-likeness (QED) is 0.141. The number of aryl methyl sites for hydroxylation is 1. The van der Waals surface area contributed by atoms with Crippen molar-refractivity contribution in [3.8, 4) is 11.5 Å². The van der Waals surface area contributed by atoms with Gasteiger partial charge in [-0.3, -0.25) is 0 Å². The van der Waals surface area contributed by atoms with Crippen molar-refractivity contribution in [2.45, 2.75) is 64.2 Å². The maximum atomic E-state index is 12.9. The standard InChI is InChI=1S/C34H30Cl4N2O3/c1-34(2)9-13-40-12-5-8-18-30(40)21(34)15-20-22(23-24(33(41)42)26(36)28(38)27(37)25(23)35)19-14-16-6-3-10-39-11-4-7-17(29(16)39)31(19)43-32(18)20/h14-15H,3-13H2,1-2H3/p+1. The van der Waals surface area contributed by atoms with Crippen molar-refractivity contribution in [2.24, 2.45) is 0 Å². The Hall–Kier alpha value is -2.44. The molecule has 0 amide bonds. The number of carboxylic acid groups (broad SMARTS) is 1. The van der Waals surface area contributed by atoms with Gasteiger partial charge in [-0.2, -0.15) is 0 Å². The highest BCUT2D eigenvalue weighted by molar-refractivity contribution is 6.53. The third-order valence-electron chi connectivity index (χ3n) is 10.2. The van der Waals surface area contributed by atoms with Crippen LogP contribution >= 0.6 is 46.4 Å². The predicted octanol–water partition coefficient (Wildman–Crippen LogP) is 7.17. The SMILES string of the molecule is CC1(C)CCN2CCCc3c4c(cc1c32)C(c1c(Cl)c(Cl)c(Cl)c(Cl)c1C(=O)O)=c1cc2c3c(c1O4)CCC[N+]=3CCC2. The van der Waals surface area contributed by atoms with Crippen LogP contribution in [-0.2, 0) is 24.7 Å². The second-order valence-electron chi connectivity index (χ2n) is 13.1. The number of benzene rings is 3. The van der Waals surface area contributed by atoms with Gasteiger partial charge in [-0.05, 0) is 55.2 Å². The fourth-order valence-corrected chi connectivity index (χ4v) is 9.20. The average molecular weight is 657 g/mol. The Labute approximate surface area is 270 Å². The van der Waals surface area contributed by atoms with Crippen LogP contribution < -0.4 is 24.8 Å². The topological polar surface area (TPSA) is 52.8 Å². The molecule has 0 spiro atoms. The molecule has 0 aliphatic carbocycles.